The van der Waals surface area contributed by atoms with Gasteiger partial charge in [0.2, 0.25) is 0 Å². The van der Waals surface area contributed by atoms with Crippen molar-refractivity contribution in [3.63, 3.8) is 0 Å². The monoisotopic (exact) mass is 182 g/mol. The lowest BCUT2D eigenvalue weighted by Gasteiger charge is -2.05. The van der Waals surface area contributed by atoms with E-state index in [9.17, 15) is 4.79 Å². The molecule has 0 aliphatic carbocycles. The summed E-state index contributed by atoms with van der Waals surface area (Å²) in [5, 5.41) is 8.76. The number of anilines is 2. The molecule has 0 spiro atoms. The summed E-state index contributed by atoms with van der Waals surface area (Å²) in [4.78, 5) is 15.3. The van der Waals surface area contributed by atoms with Gasteiger partial charge in [-0.15, -0.1) is 0 Å². The number of nitrogens with one attached hydrogen (secondary N) is 1. The van der Waals surface area contributed by atoms with E-state index < -0.39 is 5.97 Å². The van der Waals surface area contributed by atoms with Crippen molar-refractivity contribution >= 4 is 17.5 Å². The number of nitrogen functional groups attached to an aromatic ring is 1. The van der Waals surface area contributed by atoms with Crippen molar-refractivity contribution in [2.75, 3.05) is 24.7 Å². The number of nitrogens with two attached hydrogens (primary N) is 1. The van der Waals surface area contributed by atoms with Crippen LogP contribution in [-0.2, 0) is 0 Å². The van der Waals surface area contributed by atoms with Crippen LogP contribution in [0.1, 0.15) is 10.4 Å². The van der Waals surface area contributed by atoms with Crippen LogP contribution < -0.4 is 15.6 Å². The summed E-state index contributed by atoms with van der Waals surface area (Å²) < 4.78 is 0. The number of rotatable bonds is 2. The van der Waals surface area contributed by atoms with Crippen molar-refractivity contribution in [1.82, 2.24) is 0 Å². The second-order valence-electron chi connectivity index (χ2n) is 2.89. The van der Waals surface area contributed by atoms with Crippen LogP contribution in [0.4, 0.5) is 11.5 Å². The van der Waals surface area contributed by atoms with Crippen LogP contribution in [0.15, 0.2) is 12.3 Å². The Kier molecular flexibility index (Phi) is 2.36. The molecule has 70 valence electrons. The number of carboxylic acid groups (broad SMARTS) is 1. The largest absolute Gasteiger partial charge is 0.478 e. The number of carbonyl (C=O) groups is 1. The van der Waals surface area contributed by atoms with E-state index in [0.717, 1.165) is 0 Å². The lowest BCUT2D eigenvalue weighted by atomic mass is 10.2. The number of aromatic amines is 1. The number of pyridine rings is 1. The van der Waals surface area contributed by atoms with Crippen LogP contribution in [0.3, 0.4) is 0 Å². The molecule has 4 N–H and O–H groups in total. The van der Waals surface area contributed by atoms with Crippen molar-refractivity contribution in [1.29, 1.82) is 0 Å². The van der Waals surface area contributed by atoms with E-state index >= 15 is 0 Å². The van der Waals surface area contributed by atoms with E-state index in [0.29, 0.717) is 5.82 Å². The average molecular weight is 182 g/mol. The molecule has 0 saturated heterocycles. The van der Waals surface area contributed by atoms with E-state index in [1.807, 2.05) is 14.1 Å². The van der Waals surface area contributed by atoms with E-state index in [4.69, 9.17) is 10.8 Å². The van der Waals surface area contributed by atoms with Gasteiger partial charge in [-0.2, -0.15) is 0 Å². The number of hydrogen-bond acceptors (Lipinski definition) is 3. The molecule has 0 amide bonds. The Morgan fingerprint density at radius 3 is 2.69 bits per heavy atom. The molecule has 0 bridgehead atoms. The Balaban J connectivity index is 3.19. The third-order valence-electron chi connectivity index (χ3n) is 1.68. The van der Waals surface area contributed by atoms with Crippen LogP contribution in [0.5, 0.6) is 0 Å². The van der Waals surface area contributed by atoms with Crippen molar-refractivity contribution in [2.24, 2.45) is 0 Å². The van der Waals surface area contributed by atoms with E-state index in [-0.39, 0.29) is 11.3 Å². The predicted octanol–water partition coefficient (Wildman–Crippen LogP) is -0.153. The van der Waals surface area contributed by atoms with Crippen LogP contribution in [0.2, 0.25) is 0 Å². The summed E-state index contributed by atoms with van der Waals surface area (Å²) in [6.45, 7) is 0. The molecule has 0 atom stereocenters. The first-order chi connectivity index (χ1) is 6.02. The summed E-state index contributed by atoms with van der Waals surface area (Å²) in [5.41, 5.74) is 5.81. The van der Waals surface area contributed by atoms with Crippen molar-refractivity contribution in [2.45, 2.75) is 0 Å². The number of aromatic carboxylic acids is 1. The minimum Gasteiger partial charge on any atom is -0.478 e. The van der Waals surface area contributed by atoms with E-state index in [2.05, 4.69) is 4.98 Å². The third-order valence-corrected chi connectivity index (χ3v) is 1.68. The normalized spacial score (nSPS) is 9.69. The minimum absolute atomic E-state index is 0.113. The molecule has 0 fully saturated rings. The average Bonchev–Trinajstić information content (AvgIpc) is 2.04. The van der Waals surface area contributed by atoms with Gasteiger partial charge in [-0.3, -0.25) is 4.90 Å². The highest BCUT2D eigenvalue weighted by Gasteiger charge is 2.13. The minimum atomic E-state index is -1.02. The molecule has 1 rings (SSSR count). The Hall–Kier alpha value is -1.78. The van der Waals surface area contributed by atoms with Gasteiger partial charge in [-0.1, -0.05) is 0 Å². The fourth-order valence-electron chi connectivity index (χ4n) is 0.935. The van der Waals surface area contributed by atoms with Gasteiger partial charge in [0.15, 0.2) is 0 Å². The molecule has 0 aliphatic rings. The van der Waals surface area contributed by atoms with Crippen LogP contribution >= 0.6 is 0 Å². The second kappa shape index (κ2) is 3.30. The molecule has 13 heavy (non-hydrogen) atoms. The summed E-state index contributed by atoms with van der Waals surface area (Å²) in [6, 6.07) is 1.50. The molecule has 1 aromatic rings. The predicted molar refractivity (Wildman–Crippen MR) is 48.7 cm³/mol. The lowest BCUT2D eigenvalue weighted by molar-refractivity contribution is -0.362. The summed E-state index contributed by atoms with van der Waals surface area (Å²) in [6.07, 6.45) is 1.47. The molecule has 0 radical (unpaired) electrons. The summed E-state index contributed by atoms with van der Waals surface area (Å²) in [5.74, 6) is -0.318. The Bertz CT molecular complexity index is 336. The van der Waals surface area contributed by atoms with Crippen molar-refractivity contribution in [3.8, 4) is 0 Å². The number of H-pyrrole nitrogens is 1. The quantitative estimate of drug-likeness (QED) is 0.666. The SMILES string of the molecule is CN(C)c1cc(C(=O)O)c(N)c[nH+]1. The van der Waals surface area contributed by atoms with Gasteiger partial charge in [0.1, 0.15) is 6.20 Å². The first-order valence-corrected chi connectivity index (χ1v) is 3.74. The fraction of sp³-hybridized carbons (Fsp3) is 0.250. The molecule has 5 heteroatoms. The van der Waals surface area contributed by atoms with Crippen LogP contribution in [0, 0.1) is 0 Å². The molecule has 5 nitrogen and oxygen atoms in total. The van der Waals surface area contributed by atoms with Gasteiger partial charge in [0.05, 0.1) is 25.3 Å². The zero-order valence-corrected chi connectivity index (χ0v) is 7.53. The second-order valence-corrected chi connectivity index (χ2v) is 2.89. The van der Waals surface area contributed by atoms with Crippen molar-refractivity contribution < 1.29 is 14.9 Å². The van der Waals surface area contributed by atoms with Gasteiger partial charge in [-0.05, 0) is 0 Å². The molecular weight excluding hydrogens is 170 g/mol. The Labute approximate surface area is 75.8 Å². The third kappa shape index (κ3) is 1.87. The zero-order chi connectivity index (χ0) is 10.0. The summed E-state index contributed by atoms with van der Waals surface area (Å²) >= 11 is 0. The Morgan fingerprint density at radius 1 is 1.62 bits per heavy atom. The maximum Gasteiger partial charge on any atom is 0.338 e. The first kappa shape index (κ1) is 9.31. The van der Waals surface area contributed by atoms with Crippen molar-refractivity contribution in [3.05, 3.63) is 17.8 Å². The highest BCUT2D eigenvalue weighted by molar-refractivity contribution is 5.93. The van der Waals surface area contributed by atoms with Gasteiger partial charge in [0, 0.05) is 6.07 Å². The number of nitrogens with zero attached hydrogens (tertiary/aromatic N) is 1. The number of hydrogen-bond donors (Lipinski definition) is 2. The van der Waals surface area contributed by atoms with Gasteiger partial charge in [-0.25, -0.2) is 9.78 Å². The van der Waals surface area contributed by atoms with E-state index in [1.165, 1.54) is 12.3 Å². The lowest BCUT2D eigenvalue weighted by Crippen LogP contribution is -2.22. The topological polar surface area (TPSA) is 80.7 Å². The maximum atomic E-state index is 10.7. The number of carboxylic acids is 1. The highest BCUT2D eigenvalue weighted by atomic mass is 16.4. The molecule has 0 saturated carbocycles. The smallest absolute Gasteiger partial charge is 0.338 e. The molecule has 0 aliphatic heterocycles. The summed E-state index contributed by atoms with van der Waals surface area (Å²) in [7, 11) is 3.63. The Morgan fingerprint density at radius 2 is 2.23 bits per heavy atom. The standard InChI is InChI=1S/C8H11N3O2/c1-11(2)7-3-5(8(12)13)6(9)4-10-7/h3-4H,9H2,1-2H3,(H,12,13)/p+1. The highest BCUT2D eigenvalue weighted by Crippen LogP contribution is 2.12. The maximum absolute atomic E-state index is 10.7. The molecular formula is C8H12N3O2+. The molecule has 1 aromatic heterocycles. The molecule has 1 heterocycles. The number of aromatic nitrogens is 1. The molecule has 0 aromatic carbocycles. The van der Waals surface area contributed by atoms with Gasteiger partial charge < -0.3 is 10.8 Å². The van der Waals surface area contributed by atoms with Gasteiger partial charge >= 0.3 is 5.97 Å². The fourth-order valence-corrected chi connectivity index (χ4v) is 0.935. The van der Waals surface area contributed by atoms with Gasteiger partial charge in [0.25, 0.3) is 5.82 Å². The van der Waals surface area contributed by atoms with Crippen LogP contribution in [-0.4, -0.2) is 25.2 Å². The first-order valence-electron chi connectivity index (χ1n) is 3.74. The van der Waals surface area contributed by atoms with Crippen LogP contribution in [0.25, 0.3) is 0 Å². The molecule has 0 unspecified atom stereocenters. The zero-order valence-electron chi connectivity index (χ0n) is 7.53. The van der Waals surface area contributed by atoms with E-state index in [1.54, 1.807) is 4.90 Å².